The zero-order valence-electron chi connectivity index (χ0n) is 16.1. The fourth-order valence-electron chi connectivity index (χ4n) is 1.91. The van der Waals surface area contributed by atoms with Gasteiger partial charge < -0.3 is 30.6 Å². The van der Waals surface area contributed by atoms with Crippen LogP contribution in [0.5, 0.6) is 0 Å². The lowest BCUT2D eigenvalue weighted by molar-refractivity contribution is 0.256. The molecule has 156 valence electrons. The third-order valence-electron chi connectivity index (χ3n) is 3.45. The zero-order chi connectivity index (χ0) is 19.4. The summed E-state index contributed by atoms with van der Waals surface area (Å²) in [5, 5.41) is 49.8. The van der Waals surface area contributed by atoms with Gasteiger partial charge in [-0.15, -0.1) is 0 Å². The Bertz CT molecular complexity index is 155. The van der Waals surface area contributed by atoms with Gasteiger partial charge in [0.2, 0.25) is 0 Å². The van der Waals surface area contributed by atoms with E-state index in [1.807, 2.05) is 0 Å². The average Bonchev–Trinajstić information content (AvgIpc) is 2.63. The van der Waals surface area contributed by atoms with Crippen molar-refractivity contribution < 1.29 is 30.6 Å². The largest absolute Gasteiger partial charge is 0.396 e. The lowest BCUT2D eigenvalue weighted by Gasteiger charge is -1.98. The second kappa shape index (κ2) is 35.0. The molecule has 0 aromatic carbocycles. The van der Waals surface area contributed by atoms with E-state index in [-0.39, 0.29) is 26.4 Å². The van der Waals surface area contributed by atoms with Crippen LogP contribution in [-0.2, 0) is 0 Å². The lowest BCUT2D eigenvalue weighted by Crippen LogP contribution is -1.85. The molecule has 0 heterocycles. The van der Waals surface area contributed by atoms with Crippen LogP contribution < -0.4 is 0 Å². The smallest absolute Gasteiger partial charge is 0.0431 e. The number of unbranched alkanes of at least 4 members (excludes halogenated alkanes) is 10. The summed E-state index contributed by atoms with van der Waals surface area (Å²) in [6, 6.07) is 0. The van der Waals surface area contributed by atoms with Crippen molar-refractivity contribution in [1.82, 2.24) is 0 Å². The molecule has 0 saturated heterocycles. The summed E-state index contributed by atoms with van der Waals surface area (Å²) in [6.07, 6.45) is 13.0. The number of hydrogen-bond acceptors (Lipinski definition) is 6. The molecule has 0 bridgehead atoms. The molecular formula is C19H44O6. The maximum absolute atomic E-state index is 8.47. The van der Waals surface area contributed by atoms with Crippen LogP contribution in [0.3, 0.4) is 0 Å². The molecule has 0 radical (unpaired) electrons. The third-order valence-corrected chi connectivity index (χ3v) is 3.45. The monoisotopic (exact) mass is 368 g/mol. The number of hydrogen-bond donors (Lipinski definition) is 6. The van der Waals surface area contributed by atoms with E-state index in [4.69, 9.17) is 30.6 Å². The second-order valence-electron chi connectivity index (χ2n) is 5.94. The molecule has 6 heteroatoms. The Hall–Kier alpha value is -0.240. The third kappa shape index (κ3) is 45.3. The van der Waals surface area contributed by atoms with Gasteiger partial charge in [-0.05, 0) is 51.4 Å². The summed E-state index contributed by atoms with van der Waals surface area (Å²) >= 11 is 0. The summed E-state index contributed by atoms with van der Waals surface area (Å²) in [5.41, 5.74) is 0. The van der Waals surface area contributed by atoms with Crippen LogP contribution in [0.1, 0.15) is 83.5 Å². The average molecular weight is 369 g/mol. The molecule has 0 unspecified atom stereocenters. The Morgan fingerprint density at radius 2 is 0.320 bits per heavy atom. The first-order valence-electron chi connectivity index (χ1n) is 9.90. The second-order valence-corrected chi connectivity index (χ2v) is 5.94. The standard InChI is InChI=1S/C9H20O2.2C5H12O2/c10-8-6-4-2-1-3-5-7-9-11;2*6-4-2-1-3-5-7/h10-11H,1-9H2;2*6-7H,1-5H2. The van der Waals surface area contributed by atoms with Gasteiger partial charge in [-0.1, -0.05) is 32.1 Å². The van der Waals surface area contributed by atoms with E-state index >= 15 is 0 Å². The van der Waals surface area contributed by atoms with Gasteiger partial charge in [0, 0.05) is 39.6 Å². The molecule has 0 atom stereocenters. The molecule has 0 aliphatic heterocycles. The quantitative estimate of drug-likeness (QED) is 0.232. The summed E-state index contributed by atoms with van der Waals surface area (Å²) in [4.78, 5) is 0. The van der Waals surface area contributed by atoms with Crippen molar-refractivity contribution in [2.75, 3.05) is 39.6 Å². The van der Waals surface area contributed by atoms with Crippen molar-refractivity contribution >= 4 is 0 Å². The van der Waals surface area contributed by atoms with Crippen LogP contribution in [-0.4, -0.2) is 70.3 Å². The Balaban J connectivity index is -0.000000304. The predicted molar refractivity (Wildman–Crippen MR) is 103 cm³/mol. The molecule has 0 amide bonds. The van der Waals surface area contributed by atoms with E-state index in [0.717, 1.165) is 64.2 Å². The highest BCUT2D eigenvalue weighted by Gasteiger charge is 1.89. The van der Waals surface area contributed by atoms with Gasteiger partial charge in [-0.3, -0.25) is 0 Å². The highest BCUT2D eigenvalue weighted by atomic mass is 16.3. The minimum Gasteiger partial charge on any atom is -0.396 e. The van der Waals surface area contributed by atoms with Crippen LogP contribution in [0.2, 0.25) is 0 Å². The normalized spacial score (nSPS) is 9.84. The summed E-state index contributed by atoms with van der Waals surface area (Å²) < 4.78 is 0. The molecule has 0 spiro atoms. The van der Waals surface area contributed by atoms with Crippen LogP contribution in [0.15, 0.2) is 0 Å². The highest BCUT2D eigenvalue weighted by molar-refractivity contribution is 4.44. The number of rotatable bonds is 16. The van der Waals surface area contributed by atoms with Crippen molar-refractivity contribution in [3.8, 4) is 0 Å². The van der Waals surface area contributed by atoms with Crippen molar-refractivity contribution in [3.05, 3.63) is 0 Å². The van der Waals surface area contributed by atoms with Crippen molar-refractivity contribution in [1.29, 1.82) is 0 Å². The first-order chi connectivity index (χ1) is 12.2. The maximum atomic E-state index is 8.47. The fourth-order valence-corrected chi connectivity index (χ4v) is 1.91. The molecule has 25 heavy (non-hydrogen) atoms. The van der Waals surface area contributed by atoms with Crippen molar-refractivity contribution in [2.45, 2.75) is 83.5 Å². The first kappa shape index (κ1) is 29.5. The van der Waals surface area contributed by atoms with E-state index < -0.39 is 0 Å². The van der Waals surface area contributed by atoms with Gasteiger partial charge in [-0.25, -0.2) is 0 Å². The number of aliphatic hydroxyl groups is 6. The zero-order valence-corrected chi connectivity index (χ0v) is 16.1. The molecule has 0 aromatic rings. The van der Waals surface area contributed by atoms with Gasteiger partial charge in [0.25, 0.3) is 0 Å². The van der Waals surface area contributed by atoms with Gasteiger partial charge in [-0.2, -0.15) is 0 Å². The minimum atomic E-state index is 0.250. The fraction of sp³-hybridized carbons (Fsp3) is 1.00. The van der Waals surface area contributed by atoms with Crippen LogP contribution in [0, 0.1) is 0 Å². The van der Waals surface area contributed by atoms with E-state index in [0.29, 0.717) is 13.2 Å². The Morgan fingerprint density at radius 1 is 0.200 bits per heavy atom. The first-order valence-corrected chi connectivity index (χ1v) is 9.90. The van der Waals surface area contributed by atoms with Gasteiger partial charge in [0.15, 0.2) is 0 Å². The molecule has 0 aliphatic carbocycles. The molecule has 0 aliphatic rings. The molecule has 6 nitrogen and oxygen atoms in total. The Labute approximate surface area is 154 Å². The molecular weight excluding hydrogens is 324 g/mol. The maximum Gasteiger partial charge on any atom is 0.0431 e. The molecule has 0 aromatic heterocycles. The summed E-state index contributed by atoms with van der Waals surface area (Å²) in [5.74, 6) is 0. The van der Waals surface area contributed by atoms with E-state index in [1.54, 1.807) is 0 Å². The van der Waals surface area contributed by atoms with E-state index in [9.17, 15) is 0 Å². The van der Waals surface area contributed by atoms with Gasteiger partial charge >= 0.3 is 0 Å². The Morgan fingerprint density at radius 3 is 0.480 bits per heavy atom. The molecule has 0 saturated carbocycles. The molecule has 0 fully saturated rings. The van der Waals surface area contributed by atoms with Crippen LogP contribution in [0.25, 0.3) is 0 Å². The highest BCUT2D eigenvalue weighted by Crippen LogP contribution is 2.06. The summed E-state index contributed by atoms with van der Waals surface area (Å²) in [6.45, 7) is 1.66. The van der Waals surface area contributed by atoms with Gasteiger partial charge in [0.1, 0.15) is 0 Å². The predicted octanol–water partition coefficient (Wildman–Crippen LogP) is 1.98. The molecule has 0 rings (SSSR count). The van der Waals surface area contributed by atoms with Crippen molar-refractivity contribution in [3.63, 3.8) is 0 Å². The number of aliphatic hydroxyl groups excluding tert-OH is 6. The van der Waals surface area contributed by atoms with E-state index in [1.165, 1.54) is 19.3 Å². The van der Waals surface area contributed by atoms with Crippen LogP contribution >= 0.6 is 0 Å². The topological polar surface area (TPSA) is 121 Å². The summed E-state index contributed by atoms with van der Waals surface area (Å²) in [7, 11) is 0. The lowest BCUT2D eigenvalue weighted by atomic mass is 10.1. The SMILES string of the molecule is OCCCCCCCCCO.OCCCCCO.OCCCCCO. The van der Waals surface area contributed by atoms with E-state index in [2.05, 4.69) is 0 Å². The Kier molecular flexibility index (Phi) is 41.3. The molecule has 6 N–H and O–H groups in total. The minimum absolute atomic E-state index is 0.250. The van der Waals surface area contributed by atoms with Crippen molar-refractivity contribution in [2.24, 2.45) is 0 Å². The van der Waals surface area contributed by atoms with Gasteiger partial charge in [0.05, 0.1) is 0 Å². The van der Waals surface area contributed by atoms with Crippen LogP contribution in [0.4, 0.5) is 0 Å².